The van der Waals surface area contributed by atoms with E-state index in [0.29, 0.717) is 37.5 Å². The molecule has 116 valence electrons. The number of esters is 1. The lowest BCUT2D eigenvalue weighted by molar-refractivity contribution is -0.149. The zero-order chi connectivity index (χ0) is 15.6. The highest BCUT2D eigenvalue weighted by molar-refractivity contribution is 5.98. The van der Waals surface area contributed by atoms with Gasteiger partial charge in [0.25, 0.3) is 5.91 Å². The van der Waals surface area contributed by atoms with Crippen molar-refractivity contribution < 1.29 is 14.3 Å². The lowest BCUT2D eigenvalue weighted by atomic mass is 10.1. The first kappa shape index (κ1) is 15.5. The number of ether oxygens (including phenoxy) is 1. The van der Waals surface area contributed by atoms with Gasteiger partial charge in [0.15, 0.2) is 0 Å². The molecule has 1 aliphatic rings. The molecule has 1 aromatic rings. The first-order chi connectivity index (χ1) is 9.97. The van der Waals surface area contributed by atoms with Crippen molar-refractivity contribution in [2.45, 2.75) is 26.8 Å². The third kappa shape index (κ3) is 2.92. The lowest BCUT2D eigenvalue weighted by Gasteiger charge is -2.34. The van der Waals surface area contributed by atoms with Crippen LogP contribution < -0.4 is 5.32 Å². The van der Waals surface area contributed by atoms with Crippen molar-refractivity contribution >= 4 is 11.9 Å². The minimum atomic E-state index is -0.579. The highest BCUT2D eigenvalue weighted by Gasteiger charge is 2.35. The monoisotopic (exact) mass is 294 g/mol. The van der Waals surface area contributed by atoms with Gasteiger partial charge in [-0.1, -0.05) is 0 Å². The third-order valence-electron chi connectivity index (χ3n) is 3.79. The van der Waals surface area contributed by atoms with Crippen molar-refractivity contribution in [2.75, 3.05) is 26.2 Å². The van der Waals surface area contributed by atoms with Crippen molar-refractivity contribution in [3.8, 4) is 0 Å². The fourth-order valence-corrected chi connectivity index (χ4v) is 2.62. The number of piperazine rings is 1. The molecule has 1 amide bonds. The van der Waals surface area contributed by atoms with Gasteiger partial charge in [-0.15, -0.1) is 0 Å². The van der Waals surface area contributed by atoms with Crippen LogP contribution in [0.15, 0.2) is 0 Å². The third-order valence-corrected chi connectivity index (χ3v) is 3.79. The van der Waals surface area contributed by atoms with Crippen molar-refractivity contribution in [2.24, 2.45) is 7.05 Å². The molecule has 1 atom stereocenters. The molecule has 1 saturated heterocycles. The van der Waals surface area contributed by atoms with Gasteiger partial charge in [-0.25, -0.2) is 4.79 Å². The van der Waals surface area contributed by atoms with E-state index < -0.39 is 6.04 Å². The predicted molar refractivity (Wildman–Crippen MR) is 77.0 cm³/mol. The van der Waals surface area contributed by atoms with E-state index in [-0.39, 0.29) is 11.9 Å². The van der Waals surface area contributed by atoms with E-state index in [4.69, 9.17) is 4.74 Å². The maximum atomic E-state index is 12.8. The molecule has 1 aliphatic heterocycles. The number of aryl methyl sites for hydroxylation is 2. The number of nitrogens with one attached hydrogen (secondary N) is 1. The quantitative estimate of drug-likeness (QED) is 0.795. The summed E-state index contributed by atoms with van der Waals surface area (Å²) in [7, 11) is 1.81. The predicted octanol–water partition coefficient (Wildman–Crippen LogP) is 0.0140. The van der Waals surface area contributed by atoms with E-state index in [0.717, 1.165) is 5.69 Å². The maximum absolute atomic E-state index is 12.8. The largest absolute Gasteiger partial charge is 0.464 e. The second kappa shape index (κ2) is 6.26. The number of rotatable bonds is 3. The van der Waals surface area contributed by atoms with E-state index in [1.807, 2.05) is 13.8 Å². The average molecular weight is 294 g/mol. The van der Waals surface area contributed by atoms with Crippen molar-refractivity contribution in [1.82, 2.24) is 20.0 Å². The number of carbonyl (C=O) groups is 2. The van der Waals surface area contributed by atoms with Gasteiger partial charge in [-0.3, -0.25) is 9.48 Å². The van der Waals surface area contributed by atoms with Crippen LogP contribution in [0.2, 0.25) is 0 Å². The second-order valence-electron chi connectivity index (χ2n) is 5.14. The molecule has 1 N–H and O–H groups in total. The second-order valence-corrected chi connectivity index (χ2v) is 5.14. The smallest absolute Gasteiger partial charge is 0.330 e. The topological polar surface area (TPSA) is 76.5 Å². The van der Waals surface area contributed by atoms with E-state index >= 15 is 0 Å². The van der Waals surface area contributed by atoms with Crippen molar-refractivity contribution in [3.63, 3.8) is 0 Å². The van der Waals surface area contributed by atoms with Crippen molar-refractivity contribution in [3.05, 3.63) is 17.0 Å². The van der Waals surface area contributed by atoms with Gasteiger partial charge in [0.1, 0.15) is 6.04 Å². The Labute approximate surface area is 124 Å². The Morgan fingerprint density at radius 1 is 1.43 bits per heavy atom. The van der Waals surface area contributed by atoms with Crippen LogP contribution in [-0.2, 0) is 16.6 Å². The molecule has 21 heavy (non-hydrogen) atoms. The first-order valence-electron chi connectivity index (χ1n) is 7.15. The fraction of sp³-hybridized carbons (Fsp3) is 0.643. The summed E-state index contributed by atoms with van der Waals surface area (Å²) >= 11 is 0. The Hall–Kier alpha value is -1.89. The zero-order valence-electron chi connectivity index (χ0n) is 13.0. The SMILES string of the molecule is CCOC(=O)C1CNCCN1C(=O)c1c(C)nn(C)c1C. The van der Waals surface area contributed by atoms with E-state index in [9.17, 15) is 9.59 Å². The normalized spacial score (nSPS) is 18.7. The molecule has 0 bridgehead atoms. The number of hydrogen-bond donors (Lipinski definition) is 1. The molecule has 7 heteroatoms. The highest BCUT2D eigenvalue weighted by atomic mass is 16.5. The molecule has 0 spiro atoms. The van der Waals surface area contributed by atoms with Crippen molar-refractivity contribution in [1.29, 1.82) is 0 Å². The van der Waals surface area contributed by atoms with Crippen LogP contribution in [0.25, 0.3) is 0 Å². The van der Waals surface area contributed by atoms with Gasteiger partial charge in [0.2, 0.25) is 0 Å². The Kier molecular flexibility index (Phi) is 4.62. The average Bonchev–Trinajstić information content (AvgIpc) is 2.72. The van der Waals surface area contributed by atoms with Crippen LogP contribution in [0.1, 0.15) is 28.7 Å². The van der Waals surface area contributed by atoms with Gasteiger partial charge < -0.3 is 15.0 Å². The van der Waals surface area contributed by atoms with Gasteiger partial charge in [0.05, 0.1) is 17.9 Å². The summed E-state index contributed by atoms with van der Waals surface area (Å²) in [6.45, 7) is 7.30. The first-order valence-corrected chi connectivity index (χ1v) is 7.15. The van der Waals surface area contributed by atoms with Crippen LogP contribution in [0.3, 0.4) is 0 Å². The van der Waals surface area contributed by atoms with Crippen LogP contribution in [0.4, 0.5) is 0 Å². The Bertz CT molecular complexity index is 553. The molecule has 0 aromatic carbocycles. The molecule has 0 radical (unpaired) electrons. The molecule has 2 heterocycles. The number of aromatic nitrogens is 2. The van der Waals surface area contributed by atoms with Gasteiger partial charge in [-0.2, -0.15) is 5.10 Å². The Balaban J connectivity index is 2.28. The van der Waals surface area contributed by atoms with Gasteiger partial charge >= 0.3 is 5.97 Å². The number of amides is 1. The summed E-state index contributed by atoms with van der Waals surface area (Å²) in [5.74, 6) is -0.519. The van der Waals surface area contributed by atoms with E-state index in [2.05, 4.69) is 10.4 Å². The molecule has 1 fully saturated rings. The molecular formula is C14H22N4O3. The summed E-state index contributed by atoms with van der Waals surface area (Å²) < 4.78 is 6.75. The summed E-state index contributed by atoms with van der Waals surface area (Å²) in [6.07, 6.45) is 0. The maximum Gasteiger partial charge on any atom is 0.330 e. The zero-order valence-corrected chi connectivity index (χ0v) is 13.0. The van der Waals surface area contributed by atoms with Crippen LogP contribution in [0.5, 0.6) is 0 Å². The summed E-state index contributed by atoms with van der Waals surface area (Å²) in [6, 6.07) is -0.579. The summed E-state index contributed by atoms with van der Waals surface area (Å²) in [5.41, 5.74) is 2.06. The number of nitrogens with zero attached hydrogens (tertiary/aromatic N) is 3. The highest BCUT2D eigenvalue weighted by Crippen LogP contribution is 2.18. The standard InChI is InChI=1S/C14H22N4O3/c1-5-21-14(20)11-8-15-6-7-18(11)13(19)12-9(2)16-17(4)10(12)3/h11,15H,5-8H2,1-4H3. The fourth-order valence-electron chi connectivity index (χ4n) is 2.62. The summed E-state index contributed by atoms with van der Waals surface area (Å²) in [5, 5.41) is 7.40. The van der Waals surface area contributed by atoms with Crippen LogP contribution in [-0.4, -0.2) is 58.8 Å². The van der Waals surface area contributed by atoms with Gasteiger partial charge in [-0.05, 0) is 20.8 Å². The minimum Gasteiger partial charge on any atom is -0.464 e. The number of hydrogen-bond acceptors (Lipinski definition) is 5. The molecule has 7 nitrogen and oxygen atoms in total. The molecule has 0 saturated carbocycles. The van der Waals surface area contributed by atoms with Crippen LogP contribution >= 0.6 is 0 Å². The Morgan fingerprint density at radius 3 is 2.71 bits per heavy atom. The van der Waals surface area contributed by atoms with E-state index in [1.54, 1.807) is 23.6 Å². The molecule has 1 unspecified atom stereocenters. The molecular weight excluding hydrogens is 272 g/mol. The van der Waals surface area contributed by atoms with Crippen LogP contribution in [0, 0.1) is 13.8 Å². The minimum absolute atomic E-state index is 0.155. The molecule has 2 rings (SSSR count). The van der Waals surface area contributed by atoms with E-state index in [1.165, 1.54) is 0 Å². The molecule has 1 aromatic heterocycles. The van der Waals surface area contributed by atoms with Gasteiger partial charge in [0, 0.05) is 32.4 Å². The Morgan fingerprint density at radius 2 is 2.14 bits per heavy atom. The molecule has 0 aliphatic carbocycles. The summed E-state index contributed by atoms with van der Waals surface area (Å²) in [4.78, 5) is 26.4. The number of carbonyl (C=O) groups excluding carboxylic acids is 2. The lowest BCUT2D eigenvalue weighted by Crippen LogP contribution is -2.57.